The van der Waals surface area contributed by atoms with Crippen molar-refractivity contribution >= 4 is 0 Å². The smallest absolute Gasteiger partial charge is 0.0782 e. The average Bonchev–Trinajstić information content (AvgIpc) is 2.33. The van der Waals surface area contributed by atoms with Crippen molar-refractivity contribution in [3.63, 3.8) is 0 Å². The molecule has 0 aliphatic rings. The fourth-order valence-electron chi connectivity index (χ4n) is 2.17. The predicted octanol–water partition coefficient (Wildman–Crippen LogP) is 5.50. The number of nitrogens with zero attached hydrogens (tertiary/aromatic N) is 1. The highest BCUT2D eigenvalue weighted by molar-refractivity contribution is 4.47. The summed E-state index contributed by atoms with van der Waals surface area (Å²) in [6.45, 7) is 13.7. The van der Waals surface area contributed by atoms with Crippen LogP contribution in [0.4, 0.5) is 0 Å². The molecule has 18 heavy (non-hydrogen) atoms. The molecular weight excluding hydrogens is 218 g/mol. The molecule has 0 unspecified atom stereocenters. The Bertz CT molecular complexity index is 150. The SMILES string of the molecule is CC.CCCCCC[N+](C)(C)CCCCC(C)C. The fraction of sp³-hybridized carbons (Fsp3) is 1.00. The maximum absolute atomic E-state index is 2.39. The Labute approximate surface area is 118 Å². The van der Waals surface area contributed by atoms with E-state index >= 15 is 0 Å². The van der Waals surface area contributed by atoms with E-state index in [0.717, 1.165) is 5.92 Å². The van der Waals surface area contributed by atoms with Crippen LogP contribution in [0.15, 0.2) is 0 Å². The van der Waals surface area contributed by atoms with Crippen molar-refractivity contribution in [2.75, 3.05) is 27.2 Å². The normalized spacial score (nSPS) is 11.3. The van der Waals surface area contributed by atoms with E-state index in [1.165, 1.54) is 62.5 Å². The van der Waals surface area contributed by atoms with Gasteiger partial charge in [0.05, 0.1) is 27.2 Å². The van der Waals surface area contributed by atoms with Crippen LogP contribution in [0, 0.1) is 5.92 Å². The fourth-order valence-corrected chi connectivity index (χ4v) is 2.17. The lowest BCUT2D eigenvalue weighted by Gasteiger charge is -2.30. The van der Waals surface area contributed by atoms with E-state index in [1.54, 1.807) is 0 Å². The van der Waals surface area contributed by atoms with Gasteiger partial charge in [0.2, 0.25) is 0 Å². The minimum Gasteiger partial charge on any atom is -0.328 e. The van der Waals surface area contributed by atoms with Crippen molar-refractivity contribution in [3.8, 4) is 0 Å². The van der Waals surface area contributed by atoms with Crippen LogP contribution in [0.25, 0.3) is 0 Å². The summed E-state index contributed by atoms with van der Waals surface area (Å²) in [6, 6.07) is 0. The Morgan fingerprint density at radius 3 is 1.72 bits per heavy atom. The van der Waals surface area contributed by atoms with Crippen LogP contribution in [-0.2, 0) is 0 Å². The Morgan fingerprint density at radius 2 is 1.28 bits per heavy atom. The highest BCUT2D eigenvalue weighted by atomic mass is 15.3. The van der Waals surface area contributed by atoms with Crippen molar-refractivity contribution in [2.45, 2.75) is 79.6 Å². The molecule has 0 aromatic heterocycles. The van der Waals surface area contributed by atoms with Crippen LogP contribution in [0.1, 0.15) is 79.6 Å². The van der Waals surface area contributed by atoms with Crippen LogP contribution in [-0.4, -0.2) is 31.7 Å². The summed E-state index contributed by atoms with van der Waals surface area (Å²) >= 11 is 0. The molecule has 0 atom stereocenters. The molecule has 0 radical (unpaired) electrons. The Morgan fingerprint density at radius 1 is 0.778 bits per heavy atom. The highest BCUT2D eigenvalue weighted by Crippen LogP contribution is 2.10. The van der Waals surface area contributed by atoms with E-state index in [0.29, 0.717) is 0 Å². The highest BCUT2D eigenvalue weighted by Gasteiger charge is 2.13. The van der Waals surface area contributed by atoms with Crippen LogP contribution < -0.4 is 0 Å². The lowest BCUT2D eigenvalue weighted by Crippen LogP contribution is -2.41. The minimum absolute atomic E-state index is 0.875. The maximum atomic E-state index is 2.39. The number of rotatable bonds is 10. The van der Waals surface area contributed by atoms with E-state index in [9.17, 15) is 0 Å². The van der Waals surface area contributed by atoms with E-state index < -0.39 is 0 Å². The van der Waals surface area contributed by atoms with Crippen LogP contribution in [0.3, 0.4) is 0 Å². The van der Waals surface area contributed by atoms with Gasteiger partial charge in [-0.3, -0.25) is 0 Å². The lowest BCUT2D eigenvalue weighted by atomic mass is 10.1. The number of hydrogen-bond acceptors (Lipinski definition) is 0. The average molecular weight is 259 g/mol. The molecule has 0 saturated heterocycles. The summed E-state index contributed by atoms with van der Waals surface area (Å²) < 4.78 is 1.22. The zero-order valence-electron chi connectivity index (χ0n) is 14.4. The summed E-state index contributed by atoms with van der Waals surface area (Å²) in [5.41, 5.74) is 0. The van der Waals surface area contributed by atoms with Gasteiger partial charge in [-0.2, -0.15) is 0 Å². The third-order valence-corrected chi connectivity index (χ3v) is 3.41. The summed E-state index contributed by atoms with van der Waals surface area (Å²) in [4.78, 5) is 0. The van der Waals surface area contributed by atoms with Gasteiger partial charge in [0.1, 0.15) is 0 Å². The number of unbranched alkanes of at least 4 members (excludes halogenated alkanes) is 4. The van der Waals surface area contributed by atoms with E-state index in [2.05, 4.69) is 34.9 Å². The number of hydrogen-bond donors (Lipinski definition) is 0. The monoisotopic (exact) mass is 258 g/mol. The van der Waals surface area contributed by atoms with Crippen LogP contribution >= 0.6 is 0 Å². The first-order valence-electron chi connectivity index (χ1n) is 8.30. The molecule has 0 saturated carbocycles. The first-order chi connectivity index (χ1) is 8.48. The quantitative estimate of drug-likeness (QED) is 0.359. The van der Waals surface area contributed by atoms with Gasteiger partial charge in [0, 0.05) is 0 Å². The Kier molecular flexibility index (Phi) is 15.1. The Balaban J connectivity index is 0. The van der Waals surface area contributed by atoms with Crippen molar-refractivity contribution < 1.29 is 4.48 Å². The van der Waals surface area contributed by atoms with Gasteiger partial charge in [-0.25, -0.2) is 0 Å². The summed E-state index contributed by atoms with van der Waals surface area (Å²) in [5, 5.41) is 0. The molecule has 1 nitrogen and oxygen atoms in total. The minimum atomic E-state index is 0.875. The number of quaternary nitrogens is 1. The van der Waals surface area contributed by atoms with Crippen molar-refractivity contribution in [1.29, 1.82) is 0 Å². The standard InChI is InChI=1S/C15H34N.C2H6/c1-6-7-8-10-13-16(4,5)14-11-9-12-15(2)3;1-2/h15H,6-14H2,1-5H3;1-2H3/q+1;. The predicted molar refractivity (Wildman–Crippen MR) is 86.0 cm³/mol. The summed E-state index contributed by atoms with van der Waals surface area (Å²) in [6.07, 6.45) is 9.80. The molecule has 0 bridgehead atoms. The first kappa shape index (κ1) is 20.3. The molecule has 0 N–H and O–H groups in total. The summed E-state index contributed by atoms with van der Waals surface area (Å²) in [7, 11) is 4.78. The van der Waals surface area contributed by atoms with Gasteiger partial charge in [-0.1, -0.05) is 53.9 Å². The largest absolute Gasteiger partial charge is 0.328 e. The second-order valence-electron chi connectivity index (χ2n) is 6.33. The second-order valence-corrected chi connectivity index (χ2v) is 6.33. The molecule has 0 amide bonds. The topological polar surface area (TPSA) is 0 Å². The van der Waals surface area contributed by atoms with Crippen molar-refractivity contribution in [1.82, 2.24) is 0 Å². The molecule has 0 aromatic rings. The Hall–Kier alpha value is -0.0400. The lowest BCUT2D eigenvalue weighted by molar-refractivity contribution is -0.890. The van der Waals surface area contributed by atoms with Gasteiger partial charge in [-0.15, -0.1) is 0 Å². The van der Waals surface area contributed by atoms with E-state index in [4.69, 9.17) is 0 Å². The molecule has 1 heteroatoms. The molecule has 0 spiro atoms. The van der Waals surface area contributed by atoms with E-state index in [1.807, 2.05) is 13.8 Å². The zero-order chi connectivity index (χ0) is 14.4. The second kappa shape index (κ2) is 13.4. The van der Waals surface area contributed by atoms with Crippen molar-refractivity contribution in [3.05, 3.63) is 0 Å². The molecule has 0 aliphatic heterocycles. The zero-order valence-corrected chi connectivity index (χ0v) is 14.4. The third-order valence-electron chi connectivity index (χ3n) is 3.41. The van der Waals surface area contributed by atoms with Crippen molar-refractivity contribution in [2.24, 2.45) is 5.92 Å². The van der Waals surface area contributed by atoms with E-state index in [-0.39, 0.29) is 0 Å². The summed E-state index contributed by atoms with van der Waals surface area (Å²) in [5.74, 6) is 0.875. The van der Waals surface area contributed by atoms with Gasteiger partial charge < -0.3 is 4.48 Å². The van der Waals surface area contributed by atoms with Gasteiger partial charge in [-0.05, 0) is 31.6 Å². The maximum Gasteiger partial charge on any atom is 0.0782 e. The third kappa shape index (κ3) is 16.0. The van der Waals surface area contributed by atoms with Gasteiger partial charge >= 0.3 is 0 Å². The molecule has 0 aromatic carbocycles. The molecule has 0 heterocycles. The van der Waals surface area contributed by atoms with Crippen LogP contribution in [0.5, 0.6) is 0 Å². The molecule has 0 aliphatic carbocycles. The van der Waals surface area contributed by atoms with Gasteiger partial charge in [0.25, 0.3) is 0 Å². The molecular formula is C17H40N+. The molecule has 0 rings (SSSR count). The molecule has 0 fully saturated rings. The molecule has 112 valence electrons. The van der Waals surface area contributed by atoms with Gasteiger partial charge in [0.15, 0.2) is 0 Å². The van der Waals surface area contributed by atoms with Crippen LogP contribution in [0.2, 0.25) is 0 Å². The first-order valence-corrected chi connectivity index (χ1v) is 8.30.